The van der Waals surface area contributed by atoms with Crippen molar-refractivity contribution in [2.24, 2.45) is 5.92 Å². The number of likely N-dealkylation sites (tertiary alicyclic amines) is 1. The van der Waals surface area contributed by atoms with Crippen LogP contribution in [-0.4, -0.2) is 52.5 Å². The van der Waals surface area contributed by atoms with Crippen LogP contribution in [0.3, 0.4) is 0 Å². The van der Waals surface area contributed by atoms with Crippen molar-refractivity contribution < 1.29 is 19.5 Å². The van der Waals surface area contributed by atoms with Gasteiger partial charge in [-0.1, -0.05) is 30.3 Å². The number of nitrogens with one attached hydrogen (secondary N) is 2. The van der Waals surface area contributed by atoms with Gasteiger partial charge in [-0.25, -0.2) is 0 Å². The van der Waals surface area contributed by atoms with E-state index in [4.69, 9.17) is 0 Å². The van der Waals surface area contributed by atoms with Crippen LogP contribution in [0.4, 0.5) is 0 Å². The van der Waals surface area contributed by atoms with E-state index in [9.17, 15) is 19.5 Å². The van der Waals surface area contributed by atoms with Gasteiger partial charge in [0.05, 0.1) is 6.10 Å². The number of carbonyl (C=O) groups is 3. The van der Waals surface area contributed by atoms with Crippen LogP contribution in [0.1, 0.15) is 31.7 Å². The van der Waals surface area contributed by atoms with Crippen LogP contribution in [0.15, 0.2) is 30.3 Å². The smallest absolute Gasteiger partial charge is 0.245 e. The number of aliphatic hydroxyl groups excluding tert-OH is 1. The molecule has 1 aromatic carbocycles. The summed E-state index contributed by atoms with van der Waals surface area (Å²) in [6.07, 6.45) is 1.11. The number of amides is 3. The predicted molar refractivity (Wildman–Crippen MR) is 94.7 cm³/mol. The first-order valence-corrected chi connectivity index (χ1v) is 9.07. The Morgan fingerprint density at radius 3 is 2.54 bits per heavy atom. The fraction of sp³-hybridized carbons (Fsp3) is 0.526. The average molecular weight is 359 g/mol. The molecule has 3 atom stereocenters. The number of benzene rings is 1. The lowest BCUT2D eigenvalue weighted by atomic mass is 10.1. The lowest BCUT2D eigenvalue weighted by molar-refractivity contribution is -0.136. The number of hydrogen-bond acceptors (Lipinski definition) is 4. The predicted octanol–water partition coefficient (Wildman–Crippen LogP) is 0.179. The minimum absolute atomic E-state index is 0.0569. The van der Waals surface area contributed by atoms with Gasteiger partial charge in [-0.05, 0) is 31.7 Å². The molecule has 0 radical (unpaired) electrons. The van der Waals surface area contributed by atoms with Crippen LogP contribution >= 0.6 is 0 Å². The first kappa shape index (κ1) is 18.4. The Morgan fingerprint density at radius 2 is 1.92 bits per heavy atom. The highest BCUT2D eigenvalue weighted by Crippen LogP contribution is 2.29. The zero-order chi connectivity index (χ0) is 18.7. The van der Waals surface area contributed by atoms with Gasteiger partial charge in [-0.15, -0.1) is 0 Å². The largest absolute Gasteiger partial charge is 0.391 e. The third kappa shape index (κ3) is 4.40. The molecule has 26 heavy (non-hydrogen) atoms. The van der Waals surface area contributed by atoms with Crippen molar-refractivity contribution in [3.63, 3.8) is 0 Å². The van der Waals surface area contributed by atoms with Crippen LogP contribution in [0.5, 0.6) is 0 Å². The molecule has 3 rings (SSSR count). The molecule has 7 nitrogen and oxygen atoms in total. The fourth-order valence-corrected chi connectivity index (χ4v) is 3.12. The van der Waals surface area contributed by atoms with E-state index in [1.165, 1.54) is 6.92 Å². The minimum atomic E-state index is -1.04. The minimum Gasteiger partial charge on any atom is -0.391 e. The molecule has 2 aliphatic rings. The van der Waals surface area contributed by atoms with Crippen molar-refractivity contribution in [3.8, 4) is 0 Å². The molecular weight excluding hydrogens is 334 g/mol. The van der Waals surface area contributed by atoms with E-state index in [2.05, 4.69) is 10.6 Å². The Kier molecular flexibility index (Phi) is 5.56. The maximum absolute atomic E-state index is 12.5. The Hall–Kier alpha value is -2.41. The number of hydrogen-bond donors (Lipinski definition) is 3. The molecule has 0 spiro atoms. The monoisotopic (exact) mass is 359 g/mol. The summed E-state index contributed by atoms with van der Waals surface area (Å²) in [5, 5.41) is 15.1. The van der Waals surface area contributed by atoms with Crippen LogP contribution in [0.25, 0.3) is 0 Å². The molecule has 3 amide bonds. The molecule has 1 aromatic rings. The molecule has 1 aliphatic heterocycles. The fourth-order valence-electron chi connectivity index (χ4n) is 3.12. The van der Waals surface area contributed by atoms with E-state index in [-0.39, 0.29) is 17.7 Å². The van der Waals surface area contributed by atoms with Crippen LogP contribution in [0.2, 0.25) is 0 Å². The number of rotatable bonds is 7. The highest BCUT2D eigenvalue weighted by molar-refractivity contribution is 5.93. The molecule has 0 aromatic heterocycles. The number of nitrogens with zero attached hydrogens (tertiary/aromatic N) is 1. The molecular formula is C19H25N3O4. The van der Waals surface area contributed by atoms with Gasteiger partial charge in [0, 0.05) is 19.0 Å². The number of carbonyl (C=O) groups excluding carboxylic acids is 3. The topological polar surface area (TPSA) is 98.7 Å². The summed E-state index contributed by atoms with van der Waals surface area (Å²) in [6.45, 7) is 2.52. The summed E-state index contributed by atoms with van der Waals surface area (Å²) in [6, 6.07) is 8.01. The first-order chi connectivity index (χ1) is 12.5. The van der Waals surface area contributed by atoms with Crippen molar-refractivity contribution in [2.45, 2.75) is 50.9 Å². The molecule has 1 saturated carbocycles. The SMILES string of the molecule is CC(O)C(NC(=O)C1CC1)C(=O)NC1CCN(Cc2ccccc2)C1=O. The third-order valence-corrected chi connectivity index (χ3v) is 4.84. The summed E-state index contributed by atoms with van der Waals surface area (Å²) in [7, 11) is 0. The Morgan fingerprint density at radius 1 is 1.23 bits per heavy atom. The molecule has 1 aliphatic carbocycles. The van der Waals surface area contributed by atoms with Gasteiger partial charge in [0.25, 0.3) is 0 Å². The van der Waals surface area contributed by atoms with Gasteiger partial charge in [0.15, 0.2) is 0 Å². The summed E-state index contributed by atoms with van der Waals surface area (Å²) >= 11 is 0. The van der Waals surface area contributed by atoms with Crippen LogP contribution < -0.4 is 10.6 Å². The van der Waals surface area contributed by atoms with Gasteiger partial charge in [-0.2, -0.15) is 0 Å². The molecule has 1 saturated heterocycles. The normalized spacial score (nSPS) is 22.0. The molecule has 2 fully saturated rings. The van der Waals surface area contributed by atoms with E-state index in [0.29, 0.717) is 19.5 Å². The third-order valence-electron chi connectivity index (χ3n) is 4.84. The molecule has 0 bridgehead atoms. The summed E-state index contributed by atoms with van der Waals surface area (Å²) in [5.41, 5.74) is 1.03. The lowest BCUT2D eigenvalue weighted by Gasteiger charge is -2.23. The second-order valence-corrected chi connectivity index (χ2v) is 7.10. The highest BCUT2D eigenvalue weighted by atomic mass is 16.3. The second kappa shape index (κ2) is 7.86. The maximum atomic E-state index is 12.5. The van der Waals surface area contributed by atoms with E-state index in [1.807, 2.05) is 30.3 Å². The molecule has 140 valence electrons. The first-order valence-electron chi connectivity index (χ1n) is 9.07. The van der Waals surface area contributed by atoms with Crippen LogP contribution in [0, 0.1) is 5.92 Å². The van der Waals surface area contributed by atoms with Crippen molar-refractivity contribution >= 4 is 17.7 Å². The number of aliphatic hydroxyl groups is 1. The van der Waals surface area contributed by atoms with Crippen molar-refractivity contribution in [3.05, 3.63) is 35.9 Å². The second-order valence-electron chi connectivity index (χ2n) is 7.10. The van der Waals surface area contributed by atoms with Gasteiger partial charge >= 0.3 is 0 Å². The summed E-state index contributed by atoms with van der Waals surface area (Å²) in [5.74, 6) is -0.929. The van der Waals surface area contributed by atoms with Crippen molar-refractivity contribution in [2.75, 3.05) is 6.54 Å². The van der Waals surface area contributed by atoms with Crippen molar-refractivity contribution in [1.29, 1.82) is 0 Å². The molecule has 3 unspecified atom stereocenters. The van der Waals surface area contributed by atoms with Gasteiger partial charge in [0.2, 0.25) is 17.7 Å². The molecule has 3 N–H and O–H groups in total. The van der Waals surface area contributed by atoms with E-state index in [0.717, 1.165) is 18.4 Å². The Labute approximate surface area is 152 Å². The quantitative estimate of drug-likeness (QED) is 0.647. The van der Waals surface area contributed by atoms with Gasteiger partial charge in [-0.3, -0.25) is 14.4 Å². The zero-order valence-corrected chi connectivity index (χ0v) is 14.9. The summed E-state index contributed by atoms with van der Waals surface area (Å²) < 4.78 is 0. The lowest BCUT2D eigenvalue weighted by Crippen LogP contribution is -2.55. The Bertz CT molecular complexity index is 673. The van der Waals surface area contributed by atoms with E-state index < -0.39 is 24.1 Å². The van der Waals surface area contributed by atoms with E-state index >= 15 is 0 Å². The highest BCUT2D eigenvalue weighted by Gasteiger charge is 2.37. The van der Waals surface area contributed by atoms with Crippen LogP contribution in [-0.2, 0) is 20.9 Å². The zero-order valence-electron chi connectivity index (χ0n) is 14.9. The summed E-state index contributed by atoms with van der Waals surface area (Å²) in [4.78, 5) is 38.6. The van der Waals surface area contributed by atoms with Gasteiger partial charge in [0.1, 0.15) is 12.1 Å². The molecule has 7 heteroatoms. The van der Waals surface area contributed by atoms with E-state index in [1.54, 1.807) is 4.90 Å². The standard InChI is InChI=1S/C19H25N3O4/c1-12(23)16(21-17(24)14-7-8-14)18(25)20-15-9-10-22(19(15)26)11-13-5-3-2-4-6-13/h2-6,12,14-16,23H,7-11H2,1H3,(H,20,25)(H,21,24). The Balaban J connectivity index is 1.56. The maximum Gasteiger partial charge on any atom is 0.245 e. The molecule has 1 heterocycles. The average Bonchev–Trinajstić information content (AvgIpc) is 3.42. The van der Waals surface area contributed by atoms with Gasteiger partial charge < -0.3 is 20.6 Å². The van der Waals surface area contributed by atoms with Crippen molar-refractivity contribution in [1.82, 2.24) is 15.5 Å².